The predicted octanol–water partition coefficient (Wildman–Crippen LogP) is 4.18. The van der Waals surface area contributed by atoms with Crippen molar-refractivity contribution in [3.05, 3.63) is 58.6 Å². The quantitative estimate of drug-likeness (QED) is 0.680. The SMILES string of the molecule is Cc1cccnc1Cn1c(CCl)nc2ccc(Cl)cc21. The fourth-order valence-corrected chi connectivity index (χ4v) is 2.63. The van der Waals surface area contributed by atoms with Crippen LogP contribution in [0.25, 0.3) is 11.0 Å². The lowest BCUT2D eigenvalue weighted by Crippen LogP contribution is -2.06. The van der Waals surface area contributed by atoms with Crippen molar-refractivity contribution in [2.24, 2.45) is 0 Å². The van der Waals surface area contributed by atoms with Gasteiger partial charge in [0.2, 0.25) is 0 Å². The Balaban J connectivity index is 2.14. The molecule has 0 aliphatic heterocycles. The first-order valence-corrected chi connectivity index (χ1v) is 7.21. The summed E-state index contributed by atoms with van der Waals surface area (Å²) in [5.41, 5.74) is 4.05. The number of rotatable bonds is 3. The molecule has 0 saturated carbocycles. The molecule has 0 amide bonds. The fraction of sp³-hybridized carbons (Fsp3) is 0.200. The molecular weight excluding hydrogens is 293 g/mol. The normalized spacial score (nSPS) is 11.2. The van der Waals surface area contributed by atoms with Crippen LogP contribution in [0.5, 0.6) is 0 Å². The molecule has 3 rings (SSSR count). The predicted molar refractivity (Wildman–Crippen MR) is 82.4 cm³/mol. The number of nitrogens with zero attached hydrogens (tertiary/aromatic N) is 3. The number of benzene rings is 1. The van der Waals surface area contributed by atoms with Gasteiger partial charge in [0.25, 0.3) is 0 Å². The van der Waals surface area contributed by atoms with E-state index in [1.807, 2.05) is 24.3 Å². The van der Waals surface area contributed by atoms with E-state index in [0.29, 0.717) is 17.4 Å². The number of hydrogen-bond acceptors (Lipinski definition) is 2. The Hall–Kier alpha value is -1.58. The zero-order valence-electron chi connectivity index (χ0n) is 11.0. The van der Waals surface area contributed by atoms with Gasteiger partial charge in [0.15, 0.2) is 0 Å². The Morgan fingerprint density at radius 2 is 2.10 bits per heavy atom. The fourth-order valence-electron chi connectivity index (χ4n) is 2.26. The van der Waals surface area contributed by atoms with E-state index in [1.165, 1.54) is 0 Å². The average Bonchev–Trinajstić information content (AvgIpc) is 2.79. The lowest BCUT2D eigenvalue weighted by atomic mass is 10.2. The summed E-state index contributed by atoms with van der Waals surface area (Å²) >= 11 is 12.1. The molecule has 0 aliphatic carbocycles. The molecule has 3 aromatic rings. The minimum Gasteiger partial charge on any atom is -0.321 e. The molecule has 0 aliphatic rings. The van der Waals surface area contributed by atoms with Gasteiger partial charge in [-0.25, -0.2) is 4.98 Å². The van der Waals surface area contributed by atoms with Gasteiger partial charge in [0.1, 0.15) is 5.82 Å². The van der Waals surface area contributed by atoms with Gasteiger partial charge in [0, 0.05) is 11.2 Å². The van der Waals surface area contributed by atoms with Crippen molar-refractivity contribution in [2.75, 3.05) is 0 Å². The molecule has 102 valence electrons. The Bertz CT molecular complexity index is 765. The number of hydrogen-bond donors (Lipinski definition) is 0. The maximum absolute atomic E-state index is 6.09. The van der Waals surface area contributed by atoms with Gasteiger partial charge in [-0.1, -0.05) is 17.7 Å². The minimum absolute atomic E-state index is 0.359. The van der Waals surface area contributed by atoms with Crippen LogP contribution in [0, 0.1) is 6.92 Å². The third-order valence-electron chi connectivity index (χ3n) is 3.33. The molecule has 20 heavy (non-hydrogen) atoms. The number of aryl methyl sites for hydroxylation is 1. The maximum Gasteiger partial charge on any atom is 0.125 e. The standard InChI is InChI=1S/C15H13Cl2N3/c1-10-3-2-6-18-13(10)9-20-14-7-11(17)4-5-12(14)19-15(20)8-16/h2-7H,8-9H2,1H3. The Kier molecular flexibility index (Phi) is 3.64. The molecule has 0 N–H and O–H groups in total. The molecule has 0 radical (unpaired) electrons. The van der Waals surface area contributed by atoms with Crippen LogP contribution in [0.2, 0.25) is 5.02 Å². The molecule has 2 heterocycles. The highest BCUT2D eigenvalue weighted by Gasteiger charge is 2.12. The molecule has 0 atom stereocenters. The number of alkyl halides is 1. The summed E-state index contributed by atoms with van der Waals surface area (Å²) in [6, 6.07) is 9.65. The van der Waals surface area contributed by atoms with Crippen LogP contribution < -0.4 is 0 Å². The molecule has 5 heteroatoms. The van der Waals surface area contributed by atoms with Crippen molar-refractivity contribution in [2.45, 2.75) is 19.3 Å². The highest BCUT2D eigenvalue weighted by atomic mass is 35.5. The largest absolute Gasteiger partial charge is 0.321 e. The molecule has 0 saturated heterocycles. The second-order valence-corrected chi connectivity index (χ2v) is 5.35. The second-order valence-electron chi connectivity index (χ2n) is 4.65. The number of fused-ring (bicyclic) bond motifs is 1. The van der Waals surface area contributed by atoms with Crippen LogP contribution in [-0.2, 0) is 12.4 Å². The first kappa shape index (κ1) is 13.4. The Morgan fingerprint density at radius 1 is 1.25 bits per heavy atom. The van der Waals surface area contributed by atoms with Crippen molar-refractivity contribution in [1.82, 2.24) is 14.5 Å². The molecule has 2 aromatic heterocycles. The van der Waals surface area contributed by atoms with E-state index in [4.69, 9.17) is 23.2 Å². The van der Waals surface area contributed by atoms with Gasteiger partial charge < -0.3 is 4.57 Å². The van der Waals surface area contributed by atoms with Gasteiger partial charge in [0.05, 0.1) is 29.2 Å². The summed E-state index contributed by atoms with van der Waals surface area (Å²) in [6.45, 7) is 2.69. The summed E-state index contributed by atoms with van der Waals surface area (Å²) in [5, 5.41) is 0.692. The summed E-state index contributed by atoms with van der Waals surface area (Å²) in [6.07, 6.45) is 1.80. The lowest BCUT2D eigenvalue weighted by Gasteiger charge is -2.09. The van der Waals surface area contributed by atoms with Gasteiger partial charge in [-0.15, -0.1) is 11.6 Å². The summed E-state index contributed by atoms with van der Waals surface area (Å²) in [7, 11) is 0. The molecule has 0 unspecified atom stereocenters. The summed E-state index contributed by atoms with van der Waals surface area (Å²) < 4.78 is 2.07. The monoisotopic (exact) mass is 305 g/mol. The van der Waals surface area contributed by atoms with Crippen LogP contribution in [0.15, 0.2) is 36.5 Å². The Labute approximate surface area is 127 Å². The number of halogens is 2. The van der Waals surface area contributed by atoms with Gasteiger partial charge >= 0.3 is 0 Å². The van der Waals surface area contributed by atoms with E-state index in [0.717, 1.165) is 28.1 Å². The first-order valence-electron chi connectivity index (χ1n) is 6.30. The zero-order valence-corrected chi connectivity index (χ0v) is 12.5. The van der Waals surface area contributed by atoms with E-state index >= 15 is 0 Å². The molecule has 1 aromatic carbocycles. The minimum atomic E-state index is 0.359. The van der Waals surface area contributed by atoms with Gasteiger partial charge in [-0.3, -0.25) is 4.98 Å². The molecule has 3 nitrogen and oxygen atoms in total. The summed E-state index contributed by atoms with van der Waals surface area (Å²) in [4.78, 5) is 8.98. The maximum atomic E-state index is 6.09. The van der Waals surface area contributed by atoms with E-state index in [2.05, 4.69) is 27.5 Å². The lowest BCUT2D eigenvalue weighted by molar-refractivity contribution is 0.753. The van der Waals surface area contributed by atoms with Crippen LogP contribution in [0.3, 0.4) is 0 Å². The van der Waals surface area contributed by atoms with Crippen LogP contribution >= 0.6 is 23.2 Å². The topological polar surface area (TPSA) is 30.7 Å². The van der Waals surface area contributed by atoms with Crippen LogP contribution in [-0.4, -0.2) is 14.5 Å². The van der Waals surface area contributed by atoms with Gasteiger partial charge in [-0.2, -0.15) is 0 Å². The molecule has 0 spiro atoms. The summed E-state index contributed by atoms with van der Waals surface area (Å²) in [5.74, 6) is 1.19. The van der Waals surface area contributed by atoms with E-state index in [1.54, 1.807) is 6.20 Å². The molecule has 0 bridgehead atoms. The Morgan fingerprint density at radius 3 is 2.85 bits per heavy atom. The number of aromatic nitrogens is 3. The van der Waals surface area contributed by atoms with Crippen LogP contribution in [0.4, 0.5) is 0 Å². The van der Waals surface area contributed by atoms with E-state index < -0.39 is 0 Å². The highest BCUT2D eigenvalue weighted by Crippen LogP contribution is 2.23. The van der Waals surface area contributed by atoms with Crippen molar-refractivity contribution in [3.63, 3.8) is 0 Å². The first-order chi connectivity index (χ1) is 9.69. The highest BCUT2D eigenvalue weighted by molar-refractivity contribution is 6.31. The van der Waals surface area contributed by atoms with Crippen LogP contribution in [0.1, 0.15) is 17.1 Å². The molecule has 0 fully saturated rings. The number of pyridine rings is 1. The van der Waals surface area contributed by atoms with Crippen molar-refractivity contribution in [3.8, 4) is 0 Å². The van der Waals surface area contributed by atoms with Gasteiger partial charge in [-0.05, 0) is 36.8 Å². The second kappa shape index (κ2) is 5.43. The van der Waals surface area contributed by atoms with Crippen molar-refractivity contribution < 1.29 is 0 Å². The van der Waals surface area contributed by atoms with Crippen molar-refractivity contribution in [1.29, 1.82) is 0 Å². The molecular formula is C15H13Cl2N3. The van der Waals surface area contributed by atoms with E-state index in [-0.39, 0.29) is 0 Å². The smallest absolute Gasteiger partial charge is 0.125 e. The number of imidazole rings is 1. The third-order valence-corrected chi connectivity index (χ3v) is 3.81. The van der Waals surface area contributed by atoms with Crippen molar-refractivity contribution >= 4 is 34.2 Å². The third kappa shape index (κ3) is 2.39. The zero-order chi connectivity index (χ0) is 14.1. The van der Waals surface area contributed by atoms with E-state index in [9.17, 15) is 0 Å². The average molecular weight is 306 g/mol.